The van der Waals surface area contributed by atoms with Crippen molar-refractivity contribution in [3.63, 3.8) is 0 Å². The van der Waals surface area contributed by atoms with E-state index >= 15 is 0 Å². The van der Waals surface area contributed by atoms with Gasteiger partial charge in [0, 0.05) is 0 Å². The molecule has 2 rings (SSSR count). The summed E-state index contributed by atoms with van der Waals surface area (Å²) >= 11 is 0. The van der Waals surface area contributed by atoms with E-state index in [4.69, 9.17) is 4.74 Å². The highest BCUT2D eigenvalue weighted by atomic mass is 16.5. The zero-order chi connectivity index (χ0) is 11.7. The van der Waals surface area contributed by atoms with Gasteiger partial charge in [0.25, 0.3) is 0 Å². The van der Waals surface area contributed by atoms with E-state index in [9.17, 15) is 5.11 Å². The molecule has 1 aromatic rings. The molecule has 1 fully saturated rings. The van der Waals surface area contributed by atoms with Gasteiger partial charge in [-0.1, -0.05) is 6.42 Å². The molecule has 0 heterocycles. The second kappa shape index (κ2) is 4.46. The Balaban J connectivity index is 2.29. The topological polar surface area (TPSA) is 29.5 Å². The molecule has 0 saturated heterocycles. The zero-order valence-electron chi connectivity index (χ0n) is 10.3. The van der Waals surface area contributed by atoms with Crippen LogP contribution in [0.15, 0.2) is 12.1 Å². The number of methoxy groups -OCH3 is 1. The van der Waals surface area contributed by atoms with Gasteiger partial charge in [0.05, 0.1) is 13.2 Å². The van der Waals surface area contributed by atoms with Gasteiger partial charge < -0.3 is 9.84 Å². The number of hydrogen-bond donors (Lipinski definition) is 1. The van der Waals surface area contributed by atoms with Crippen molar-refractivity contribution < 1.29 is 9.84 Å². The van der Waals surface area contributed by atoms with Crippen molar-refractivity contribution in [1.29, 1.82) is 0 Å². The first-order valence-corrected chi connectivity index (χ1v) is 5.96. The van der Waals surface area contributed by atoms with E-state index in [0.29, 0.717) is 5.92 Å². The Bertz CT molecular complexity index is 381. The predicted molar refractivity (Wildman–Crippen MR) is 64.8 cm³/mol. The zero-order valence-corrected chi connectivity index (χ0v) is 10.3. The Morgan fingerprint density at radius 2 is 1.94 bits per heavy atom. The van der Waals surface area contributed by atoms with Crippen molar-refractivity contribution in [3.8, 4) is 5.75 Å². The van der Waals surface area contributed by atoms with Crippen LogP contribution in [0.5, 0.6) is 5.75 Å². The Morgan fingerprint density at radius 1 is 1.25 bits per heavy atom. The van der Waals surface area contributed by atoms with Gasteiger partial charge in [0.2, 0.25) is 0 Å². The smallest absolute Gasteiger partial charge is 0.122 e. The maximum Gasteiger partial charge on any atom is 0.122 e. The quantitative estimate of drug-likeness (QED) is 0.848. The summed E-state index contributed by atoms with van der Waals surface area (Å²) < 4.78 is 5.28. The third kappa shape index (κ3) is 1.94. The third-order valence-corrected chi connectivity index (χ3v) is 3.70. The van der Waals surface area contributed by atoms with Crippen molar-refractivity contribution in [2.24, 2.45) is 5.92 Å². The van der Waals surface area contributed by atoms with Crippen LogP contribution in [0.1, 0.15) is 42.1 Å². The molecule has 1 unspecified atom stereocenters. The predicted octanol–water partition coefficient (Wildman–Crippen LogP) is 3.15. The van der Waals surface area contributed by atoms with Gasteiger partial charge in [-0.2, -0.15) is 0 Å². The number of rotatable bonds is 3. The molecule has 0 bridgehead atoms. The van der Waals surface area contributed by atoms with Crippen LogP contribution >= 0.6 is 0 Å². The van der Waals surface area contributed by atoms with Crippen molar-refractivity contribution in [2.45, 2.75) is 39.2 Å². The standard InChI is InChI=1S/C14H20O2/c1-9-8-13(16-3)10(2)7-12(9)14(15)11-5-4-6-11/h7-8,11,14-15H,4-6H2,1-3H3. The molecule has 1 atom stereocenters. The van der Waals surface area contributed by atoms with Crippen LogP contribution < -0.4 is 4.74 Å². The number of aliphatic hydroxyl groups excluding tert-OH is 1. The molecule has 2 heteroatoms. The molecule has 1 saturated carbocycles. The molecule has 2 nitrogen and oxygen atoms in total. The van der Waals surface area contributed by atoms with Crippen molar-refractivity contribution in [3.05, 3.63) is 28.8 Å². The van der Waals surface area contributed by atoms with E-state index in [2.05, 4.69) is 6.07 Å². The summed E-state index contributed by atoms with van der Waals surface area (Å²) in [4.78, 5) is 0. The Morgan fingerprint density at radius 3 is 2.44 bits per heavy atom. The van der Waals surface area contributed by atoms with Gasteiger partial charge in [-0.3, -0.25) is 0 Å². The number of benzene rings is 1. The summed E-state index contributed by atoms with van der Waals surface area (Å²) in [6.45, 7) is 4.06. The summed E-state index contributed by atoms with van der Waals surface area (Å²) in [6, 6.07) is 4.09. The average Bonchev–Trinajstić information content (AvgIpc) is 2.18. The average molecular weight is 220 g/mol. The summed E-state index contributed by atoms with van der Waals surface area (Å²) in [5.74, 6) is 1.37. The van der Waals surface area contributed by atoms with E-state index < -0.39 is 0 Å². The van der Waals surface area contributed by atoms with Crippen LogP contribution in [-0.4, -0.2) is 12.2 Å². The SMILES string of the molecule is COc1cc(C)c(C(O)C2CCC2)cc1C. The minimum absolute atomic E-state index is 0.293. The molecule has 1 aliphatic carbocycles. The van der Waals surface area contributed by atoms with Gasteiger partial charge in [-0.15, -0.1) is 0 Å². The third-order valence-electron chi connectivity index (χ3n) is 3.70. The van der Waals surface area contributed by atoms with E-state index in [-0.39, 0.29) is 6.10 Å². The van der Waals surface area contributed by atoms with Gasteiger partial charge >= 0.3 is 0 Å². The molecule has 0 spiro atoms. The van der Waals surface area contributed by atoms with E-state index in [1.807, 2.05) is 19.9 Å². The fourth-order valence-electron chi connectivity index (χ4n) is 2.36. The molecule has 0 aliphatic heterocycles. The summed E-state index contributed by atoms with van der Waals surface area (Å²) in [7, 11) is 1.68. The van der Waals surface area contributed by atoms with Crippen molar-refractivity contribution in [2.75, 3.05) is 7.11 Å². The Labute approximate surface area is 97.3 Å². The van der Waals surface area contributed by atoms with E-state index in [0.717, 1.165) is 35.3 Å². The fraction of sp³-hybridized carbons (Fsp3) is 0.571. The van der Waals surface area contributed by atoms with Crippen LogP contribution in [0.4, 0.5) is 0 Å². The maximum atomic E-state index is 10.3. The van der Waals surface area contributed by atoms with Gasteiger partial charge in [-0.05, 0) is 61.4 Å². The van der Waals surface area contributed by atoms with Crippen LogP contribution in [0.3, 0.4) is 0 Å². The second-order valence-corrected chi connectivity index (χ2v) is 4.81. The lowest BCUT2D eigenvalue weighted by Gasteiger charge is -2.31. The number of aliphatic hydroxyl groups is 1. The highest BCUT2D eigenvalue weighted by Gasteiger charge is 2.28. The normalized spacial score (nSPS) is 18.0. The lowest BCUT2D eigenvalue weighted by molar-refractivity contribution is 0.0615. The van der Waals surface area contributed by atoms with Gasteiger partial charge in [-0.25, -0.2) is 0 Å². The molecule has 88 valence electrons. The summed E-state index contributed by atoms with van der Waals surface area (Å²) in [5.41, 5.74) is 3.30. The Kier molecular flexibility index (Phi) is 3.20. The highest BCUT2D eigenvalue weighted by molar-refractivity contribution is 5.42. The first-order valence-electron chi connectivity index (χ1n) is 5.96. The maximum absolute atomic E-state index is 10.3. The molecule has 0 amide bonds. The largest absolute Gasteiger partial charge is 0.496 e. The monoisotopic (exact) mass is 220 g/mol. The Hall–Kier alpha value is -1.02. The van der Waals surface area contributed by atoms with Crippen LogP contribution in [0.25, 0.3) is 0 Å². The molecular formula is C14H20O2. The minimum atomic E-state index is -0.293. The summed E-state index contributed by atoms with van der Waals surface area (Å²) in [5, 5.41) is 10.3. The van der Waals surface area contributed by atoms with Gasteiger partial charge in [0.15, 0.2) is 0 Å². The lowest BCUT2D eigenvalue weighted by Crippen LogP contribution is -2.20. The number of ether oxygens (including phenoxy) is 1. The molecule has 16 heavy (non-hydrogen) atoms. The van der Waals surface area contributed by atoms with Crippen LogP contribution in [-0.2, 0) is 0 Å². The number of hydrogen-bond acceptors (Lipinski definition) is 2. The first-order chi connectivity index (χ1) is 7.63. The minimum Gasteiger partial charge on any atom is -0.496 e. The van der Waals surface area contributed by atoms with E-state index in [1.165, 1.54) is 6.42 Å². The van der Waals surface area contributed by atoms with Crippen molar-refractivity contribution in [1.82, 2.24) is 0 Å². The van der Waals surface area contributed by atoms with E-state index in [1.54, 1.807) is 7.11 Å². The summed E-state index contributed by atoms with van der Waals surface area (Å²) in [6.07, 6.45) is 3.28. The molecule has 1 N–H and O–H groups in total. The molecule has 0 aromatic heterocycles. The molecule has 1 aromatic carbocycles. The van der Waals surface area contributed by atoms with Gasteiger partial charge in [0.1, 0.15) is 5.75 Å². The second-order valence-electron chi connectivity index (χ2n) is 4.81. The highest BCUT2D eigenvalue weighted by Crippen LogP contribution is 2.39. The molecule has 0 radical (unpaired) electrons. The van der Waals surface area contributed by atoms with Crippen molar-refractivity contribution >= 4 is 0 Å². The first kappa shape index (κ1) is 11.5. The van der Waals surface area contributed by atoms with Crippen LogP contribution in [0.2, 0.25) is 0 Å². The lowest BCUT2D eigenvalue weighted by atomic mass is 9.77. The fourth-order valence-corrected chi connectivity index (χ4v) is 2.36. The number of aryl methyl sites for hydroxylation is 2. The molecular weight excluding hydrogens is 200 g/mol. The van der Waals surface area contributed by atoms with Crippen LogP contribution in [0, 0.1) is 19.8 Å². The molecule has 1 aliphatic rings.